The zero-order valence-electron chi connectivity index (χ0n) is 9.39. The summed E-state index contributed by atoms with van der Waals surface area (Å²) in [6, 6.07) is 2.95. The SMILES string of the molecule is CC(C)CCC(=O)Nc1cc(F)cc(F)c1. The van der Waals surface area contributed by atoms with Crippen LogP contribution in [0.3, 0.4) is 0 Å². The average Bonchev–Trinajstić information content (AvgIpc) is 2.12. The standard InChI is InChI=1S/C12H15F2NO/c1-8(2)3-4-12(16)15-11-6-9(13)5-10(14)7-11/h5-8H,3-4H2,1-2H3,(H,15,16). The molecule has 0 fully saturated rings. The molecule has 1 rings (SSSR count). The number of anilines is 1. The van der Waals surface area contributed by atoms with Crippen molar-refractivity contribution in [3.05, 3.63) is 29.8 Å². The van der Waals surface area contributed by atoms with Crippen LogP contribution in [-0.4, -0.2) is 5.91 Å². The Balaban J connectivity index is 2.56. The van der Waals surface area contributed by atoms with Crippen molar-refractivity contribution in [3.63, 3.8) is 0 Å². The van der Waals surface area contributed by atoms with E-state index in [1.807, 2.05) is 13.8 Å². The third-order valence-electron chi connectivity index (χ3n) is 2.10. The highest BCUT2D eigenvalue weighted by Gasteiger charge is 2.06. The second-order valence-electron chi connectivity index (χ2n) is 4.14. The zero-order chi connectivity index (χ0) is 12.1. The predicted octanol–water partition coefficient (Wildman–Crippen LogP) is 3.34. The number of halogens is 2. The summed E-state index contributed by atoms with van der Waals surface area (Å²) in [6.07, 6.45) is 1.11. The van der Waals surface area contributed by atoms with Gasteiger partial charge < -0.3 is 5.32 Å². The molecule has 1 N–H and O–H groups in total. The summed E-state index contributed by atoms with van der Waals surface area (Å²) in [5.74, 6) is -1.19. The molecule has 0 saturated heterocycles. The van der Waals surface area contributed by atoms with Crippen molar-refractivity contribution in [2.75, 3.05) is 5.32 Å². The van der Waals surface area contributed by atoms with Gasteiger partial charge in [-0.3, -0.25) is 4.79 Å². The molecule has 0 bridgehead atoms. The largest absolute Gasteiger partial charge is 0.326 e. The summed E-state index contributed by atoms with van der Waals surface area (Å²) in [5, 5.41) is 2.46. The maximum absolute atomic E-state index is 12.8. The Morgan fingerprint density at radius 1 is 1.25 bits per heavy atom. The Kier molecular flexibility index (Phi) is 4.40. The number of hydrogen-bond donors (Lipinski definition) is 1. The molecule has 1 amide bonds. The van der Waals surface area contributed by atoms with E-state index in [1.165, 1.54) is 0 Å². The van der Waals surface area contributed by atoms with Crippen LogP contribution in [0.25, 0.3) is 0 Å². The molecule has 0 aliphatic carbocycles. The summed E-state index contributed by atoms with van der Waals surface area (Å²) < 4.78 is 25.6. The van der Waals surface area contributed by atoms with Crippen LogP contribution in [0.15, 0.2) is 18.2 Å². The van der Waals surface area contributed by atoms with Gasteiger partial charge in [-0.2, -0.15) is 0 Å². The maximum Gasteiger partial charge on any atom is 0.224 e. The first kappa shape index (κ1) is 12.6. The van der Waals surface area contributed by atoms with E-state index >= 15 is 0 Å². The van der Waals surface area contributed by atoms with Gasteiger partial charge in [0.15, 0.2) is 0 Å². The lowest BCUT2D eigenvalue weighted by atomic mass is 10.1. The first-order chi connectivity index (χ1) is 7.47. The first-order valence-corrected chi connectivity index (χ1v) is 5.23. The van der Waals surface area contributed by atoms with Crippen molar-refractivity contribution >= 4 is 11.6 Å². The fourth-order valence-corrected chi connectivity index (χ4v) is 1.27. The van der Waals surface area contributed by atoms with Gasteiger partial charge in [-0.25, -0.2) is 8.78 Å². The number of hydrogen-bond acceptors (Lipinski definition) is 1. The van der Waals surface area contributed by atoms with Crippen LogP contribution in [0.4, 0.5) is 14.5 Å². The molecule has 0 saturated carbocycles. The molecule has 88 valence electrons. The highest BCUT2D eigenvalue weighted by atomic mass is 19.1. The van der Waals surface area contributed by atoms with Gasteiger partial charge in [0.1, 0.15) is 11.6 Å². The number of nitrogens with one attached hydrogen (secondary N) is 1. The monoisotopic (exact) mass is 227 g/mol. The highest BCUT2D eigenvalue weighted by molar-refractivity contribution is 5.90. The minimum Gasteiger partial charge on any atom is -0.326 e. The molecule has 0 aliphatic rings. The molecule has 16 heavy (non-hydrogen) atoms. The average molecular weight is 227 g/mol. The fourth-order valence-electron chi connectivity index (χ4n) is 1.27. The van der Waals surface area contributed by atoms with Gasteiger partial charge in [-0.15, -0.1) is 0 Å². The summed E-state index contributed by atoms with van der Waals surface area (Å²) in [6.45, 7) is 4.02. The lowest BCUT2D eigenvalue weighted by Gasteiger charge is -2.07. The Morgan fingerprint density at radius 3 is 2.31 bits per heavy atom. The van der Waals surface area contributed by atoms with E-state index in [0.29, 0.717) is 12.3 Å². The maximum atomic E-state index is 12.8. The second kappa shape index (κ2) is 5.58. The van der Waals surface area contributed by atoms with Crippen molar-refractivity contribution in [2.45, 2.75) is 26.7 Å². The van der Waals surface area contributed by atoms with E-state index in [9.17, 15) is 13.6 Å². The third kappa shape index (κ3) is 4.38. The van der Waals surface area contributed by atoms with E-state index in [0.717, 1.165) is 24.6 Å². The van der Waals surface area contributed by atoms with Crippen molar-refractivity contribution < 1.29 is 13.6 Å². The molecule has 1 aromatic carbocycles. The molecular formula is C12H15F2NO. The molecule has 0 unspecified atom stereocenters. The van der Waals surface area contributed by atoms with Crippen LogP contribution in [0, 0.1) is 17.6 Å². The van der Waals surface area contributed by atoms with Crippen molar-refractivity contribution in [1.29, 1.82) is 0 Å². The van der Waals surface area contributed by atoms with E-state index in [2.05, 4.69) is 5.32 Å². The number of rotatable bonds is 4. The van der Waals surface area contributed by atoms with Crippen LogP contribution in [0.1, 0.15) is 26.7 Å². The van der Waals surface area contributed by atoms with Gasteiger partial charge in [-0.1, -0.05) is 13.8 Å². The normalized spacial score (nSPS) is 10.6. The lowest BCUT2D eigenvalue weighted by molar-refractivity contribution is -0.116. The summed E-state index contributed by atoms with van der Waals surface area (Å²) >= 11 is 0. The molecule has 0 atom stereocenters. The first-order valence-electron chi connectivity index (χ1n) is 5.23. The molecule has 0 heterocycles. The Hall–Kier alpha value is -1.45. The van der Waals surface area contributed by atoms with Gasteiger partial charge in [0, 0.05) is 18.2 Å². The van der Waals surface area contributed by atoms with Crippen LogP contribution < -0.4 is 5.32 Å². The summed E-state index contributed by atoms with van der Waals surface area (Å²) in [5.41, 5.74) is 0.159. The van der Waals surface area contributed by atoms with Gasteiger partial charge in [-0.05, 0) is 24.5 Å². The van der Waals surface area contributed by atoms with Crippen LogP contribution in [-0.2, 0) is 4.79 Å². The lowest BCUT2D eigenvalue weighted by Crippen LogP contribution is -2.12. The Bertz CT molecular complexity index is 357. The van der Waals surface area contributed by atoms with Gasteiger partial charge >= 0.3 is 0 Å². The molecule has 4 heteroatoms. The molecule has 0 radical (unpaired) electrons. The van der Waals surface area contributed by atoms with Crippen LogP contribution in [0.2, 0.25) is 0 Å². The third-order valence-corrected chi connectivity index (χ3v) is 2.10. The number of benzene rings is 1. The van der Waals surface area contributed by atoms with Crippen molar-refractivity contribution in [3.8, 4) is 0 Å². The zero-order valence-corrected chi connectivity index (χ0v) is 9.39. The topological polar surface area (TPSA) is 29.1 Å². The van der Waals surface area contributed by atoms with Crippen molar-refractivity contribution in [1.82, 2.24) is 0 Å². The van der Waals surface area contributed by atoms with E-state index in [1.54, 1.807) is 0 Å². The molecular weight excluding hydrogens is 212 g/mol. The second-order valence-corrected chi connectivity index (χ2v) is 4.14. The van der Waals surface area contributed by atoms with E-state index in [-0.39, 0.29) is 11.6 Å². The molecule has 0 aliphatic heterocycles. The molecule has 0 spiro atoms. The summed E-state index contributed by atoms with van der Waals surface area (Å²) in [7, 11) is 0. The number of carbonyl (C=O) groups excluding carboxylic acids is 1. The quantitative estimate of drug-likeness (QED) is 0.839. The van der Waals surface area contributed by atoms with Gasteiger partial charge in [0.25, 0.3) is 0 Å². The minimum absolute atomic E-state index is 0.159. The molecule has 0 aromatic heterocycles. The summed E-state index contributed by atoms with van der Waals surface area (Å²) in [4.78, 5) is 11.4. The Morgan fingerprint density at radius 2 is 1.81 bits per heavy atom. The van der Waals surface area contributed by atoms with Crippen LogP contribution >= 0.6 is 0 Å². The molecule has 2 nitrogen and oxygen atoms in total. The van der Waals surface area contributed by atoms with E-state index < -0.39 is 11.6 Å². The van der Waals surface area contributed by atoms with E-state index in [4.69, 9.17) is 0 Å². The van der Waals surface area contributed by atoms with Crippen molar-refractivity contribution in [2.24, 2.45) is 5.92 Å². The number of carbonyl (C=O) groups is 1. The predicted molar refractivity (Wildman–Crippen MR) is 59.1 cm³/mol. The minimum atomic E-state index is -0.695. The highest BCUT2D eigenvalue weighted by Crippen LogP contribution is 2.13. The number of amides is 1. The Labute approximate surface area is 93.7 Å². The van der Waals surface area contributed by atoms with Gasteiger partial charge in [0.2, 0.25) is 5.91 Å². The van der Waals surface area contributed by atoms with Crippen LogP contribution in [0.5, 0.6) is 0 Å². The van der Waals surface area contributed by atoms with Gasteiger partial charge in [0.05, 0.1) is 0 Å². The fraction of sp³-hybridized carbons (Fsp3) is 0.417. The molecule has 1 aromatic rings. The smallest absolute Gasteiger partial charge is 0.224 e.